The molecule has 1 fully saturated rings. The molecule has 0 aromatic carbocycles. The Morgan fingerprint density at radius 1 is 1.57 bits per heavy atom. The number of Topliss-reactive ketones (excluding diaryl/α,β-unsaturated/α-hetero) is 1. The zero-order valence-corrected chi connectivity index (χ0v) is 8.49. The van der Waals surface area contributed by atoms with Gasteiger partial charge in [-0.25, -0.2) is 0 Å². The molecule has 0 aromatic rings. The number of hydrogen-bond donors (Lipinski definition) is 1. The molecular weight excluding hydrogens is 182 g/mol. The van der Waals surface area contributed by atoms with E-state index in [9.17, 15) is 9.59 Å². The van der Waals surface area contributed by atoms with Crippen LogP contribution >= 0.6 is 0 Å². The highest BCUT2D eigenvalue weighted by Crippen LogP contribution is 2.19. The fourth-order valence-corrected chi connectivity index (χ4v) is 1.65. The summed E-state index contributed by atoms with van der Waals surface area (Å²) in [5, 5.41) is 0. The highest BCUT2D eigenvalue weighted by molar-refractivity contribution is 5.79. The Morgan fingerprint density at radius 2 is 2.14 bits per heavy atom. The number of ketones is 1. The van der Waals surface area contributed by atoms with Crippen molar-refractivity contribution in [3.63, 3.8) is 0 Å². The minimum Gasteiger partial charge on any atom is -0.367 e. The van der Waals surface area contributed by atoms with Crippen LogP contribution in [0.5, 0.6) is 0 Å². The van der Waals surface area contributed by atoms with Gasteiger partial charge in [0.15, 0.2) is 0 Å². The van der Waals surface area contributed by atoms with Gasteiger partial charge in [0.25, 0.3) is 0 Å². The molecule has 80 valence electrons. The van der Waals surface area contributed by atoms with Crippen LogP contribution in [0.1, 0.15) is 39.0 Å². The van der Waals surface area contributed by atoms with E-state index in [2.05, 4.69) is 0 Å². The van der Waals surface area contributed by atoms with E-state index < -0.39 is 12.0 Å². The van der Waals surface area contributed by atoms with Gasteiger partial charge in [-0.05, 0) is 19.3 Å². The lowest BCUT2D eigenvalue weighted by Gasteiger charge is -2.24. The van der Waals surface area contributed by atoms with Crippen molar-refractivity contribution in [3.05, 3.63) is 0 Å². The van der Waals surface area contributed by atoms with Crippen LogP contribution in [0.4, 0.5) is 0 Å². The van der Waals surface area contributed by atoms with Crippen molar-refractivity contribution in [2.45, 2.75) is 51.2 Å². The Bertz CT molecular complexity index is 217. The topological polar surface area (TPSA) is 69.4 Å². The Kier molecular flexibility index (Phi) is 4.07. The van der Waals surface area contributed by atoms with Crippen LogP contribution in [-0.4, -0.2) is 23.9 Å². The van der Waals surface area contributed by atoms with Gasteiger partial charge in [0, 0.05) is 12.8 Å². The molecule has 1 unspecified atom stereocenters. The third kappa shape index (κ3) is 3.10. The lowest BCUT2D eigenvalue weighted by atomic mass is 9.96. The first kappa shape index (κ1) is 11.2. The maximum absolute atomic E-state index is 11.0. The van der Waals surface area contributed by atoms with E-state index >= 15 is 0 Å². The van der Waals surface area contributed by atoms with E-state index in [0.717, 1.165) is 12.8 Å². The predicted octanol–water partition coefficient (Wildman–Crippen LogP) is 0.779. The van der Waals surface area contributed by atoms with Crippen molar-refractivity contribution in [3.8, 4) is 0 Å². The average molecular weight is 199 g/mol. The molecule has 1 amide bonds. The summed E-state index contributed by atoms with van der Waals surface area (Å²) in [6, 6.07) is 0. The van der Waals surface area contributed by atoms with Crippen LogP contribution in [0.3, 0.4) is 0 Å². The molecule has 0 spiro atoms. The summed E-state index contributed by atoms with van der Waals surface area (Å²) in [4.78, 5) is 21.8. The maximum Gasteiger partial charge on any atom is 0.246 e. The molecule has 0 aliphatic heterocycles. The van der Waals surface area contributed by atoms with Gasteiger partial charge in [-0.3, -0.25) is 9.59 Å². The summed E-state index contributed by atoms with van der Waals surface area (Å²) in [6.45, 7) is 1.86. The number of ether oxygens (including phenoxy) is 1. The summed E-state index contributed by atoms with van der Waals surface area (Å²) in [5.41, 5.74) is 5.16. The minimum atomic E-state index is -0.492. The number of primary amides is 1. The number of carbonyl (C=O) groups is 2. The summed E-state index contributed by atoms with van der Waals surface area (Å²) < 4.78 is 5.52. The van der Waals surface area contributed by atoms with Gasteiger partial charge >= 0.3 is 0 Å². The van der Waals surface area contributed by atoms with Crippen molar-refractivity contribution in [1.29, 1.82) is 0 Å². The molecule has 1 atom stereocenters. The number of amides is 1. The van der Waals surface area contributed by atoms with Crippen molar-refractivity contribution >= 4 is 11.7 Å². The monoisotopic (exact) mass is 199 g/mol. The molecule has 1 aliphatic rings. The largest absolute Gasteiger partial charge is 0.367 e. The van der Waals surface area contributed by atoms with Crippen LogP contribution in [-0.2, 0) is 14.3 Å². The van der Waals surface area contributed by atoms with E-state index in [1.165, 1.54) is 0 Å². The van der Waals surface area contributed by atoms with E-state index in [0.29, 0.717) is 19.3 Å². The van der Waals surface area contributed by atoms with Crippen molar-refractivity contribution in [2.75, 3.05) is 0 Å². The number of hydrogen-bond acceptors (Lipinski definition) is 3. The van der Waals surface area contributed by atoms with Crippen LogP contribution < -0.4 is 5.73 Å². The molecule has 4 nitrogen and oxygen atoms in total. The smallest absolute Gasteiger partial charge is 0.246 e. The predicted molar refractivity (Wildman–Crippen MR) is 51.6 cm³/mol. The maximum atomic E-state index is 11.0. The molecule has 1 rings (SSSR count). The SMILES string of the molecule is CCC(OC1CCC(=O)CC1)C(N)=O. The van der Waals surface area contributed by atoms with Gasteiger partial charge in [-0.1, -0.05) is 6.92 Å². The van der Waals surface area contributed by atoms with Gasteiger partial charge in [0.2, 0.25) is 5.91 Å². The first-order valence-electron chi connectivity index (χ1n) is 5.10. The van der Waals surface area contributed by atoms with Crippen molar-refractivity contribution in [1.82, 2.24) is 0 Å². The number of rotatable bonds is 4. The van der Waals surface area contributed by atoms with E-state index in [-0.39, 0.29) is 11.9 Å². The Morgan fingerprint density at radius 3 is 2.57 bits per heavy atom. The lowest BCUT2D eigenvalue weighted by molar-refractivity contribution is -0.136. The fourth-order valence-electron chi connectivity index (χ4n) is 1.65. The normalized spacial score (nSPS) is 20.8. The fraction of sp³-hybridized carbons (Fsp3) is 0.800. The minimum absolute atomic E-state index is 0.0325. The second kappa shape index (κ2) is 5.10. The van der Waals surface area contributed by atoms with Gasteiger partial charge < -0.3 is 10.5 Å². The molecule has 0 radical (unpaired) electrons. The molecule has 2 N–H and O–H groups in total. The molecule has 1 saturated carbocycles. The van der Waals surface area contributed by atoms with Gasteiger partial charge in [0.1, 0.15) is 11.9 Å². The standard InChI is InChI=1S/C10H17NO3/c1-2-9(10(11)13)14-8-5-3-7(12)4-6-8/h8-9H,2-6H2,1H3,(H2,11,13). The quantitative estimate of drug-likeness (QED) is 0.727. The van der Waals surface area contributed by atoms with Crippen molar-refractivity contribution < 1.29 is 14.3 Å². The highest BCUT2D eigenvalue weighted by atomic mass is 16.5. The third-order valence-electron chi connectivity index (χ3n) is 2.54. The number of nitrogens with two attached hydrogens (primary N) is 1. The first-order chi connectivity index (χ1) is 6.63. The molecule has 1 aliphatic carbocycles. The van der Waals surface area contributed by atoms with Crippen LogP contribution in [0.2, 0.25) is 0 Å². The lowest BCUT2D eigenvalue weighted by Crippen LogP contribution is -2.35. The van der Waals surface area contributed by atoms with Gasteiger partial charge in [0.05, 0.1) is 6.10 Å². The Hall–Kier alpha value is -0.900. The van der Waals surface area contributed by atoms with Crippen LogP contribution in [0.15, 0.2) is 0 Å². The van der Waals surface area contributed by atoms with Crippen LogP contribution in [0, 0.1) is 0 Å². The first-order valence-corrected chi connectivity index (χ1v) is 5.10. The van der Waals surface area contributed by atoms with Gasteiger partial charge in [-0.15, -0.1) is 0 Å². The summed E-state index contributed by atoms with van der Waals surface area (Å²) in [5.74, 6) is -0.124. The summed E-state index contributed by atoms with van der Waals surface area (Å²) in [6.07, 6.45) is 2.73. The van der Waals surface area contributed by atoms with Gasteiger partial charge in [-0.2, -0.15) is 0 Å². The molecule has 4 heteroatoms. The van der Waals surface area contributed by atoms with E-state index in [1.54, 1.807) is 0 Å². The molecule has 0 bridgehead atoms. The second-order valence-electron chi connectivity index (χ2n) is 3.67. The molecule has 0 heterocycles. The van der Waals surface area contributed by atoms with E-state index in [1.807, 2.05) is 6.92 Å². The molecule has 0 aromatic heterocycles. The third-order valence-corrected chi connectivity index (χ3v) is 2.54. The summed E-state index contributed by atoms with van der Waals surface area (Å²) in [7, 11) is 0. The van der Waals surface area contributed by atoms with Crippen LogP contribution in [0.25, 0.3) is 0 Å². The zero-order chi connectivity index (χ0) is 10.6. The molecular formula is C10H17NO3. The molecule has 0 saturated heterocycles. The highest BCUT2D eigenvalue weighted by Gasteiger charge is 2.24. The van der Waals surface area contributed by atoms with E-state index in [4.69, 9.17) is 10.5 Å². The number of carbonyl (C=O) groups excluding carboxylic acids is 2. The zero-order valence-electron chi connectivity index (χ0n) is 8.49. The average Bonchev–Trinajstić information content (AvgIpc) is 2.16. The Balaban J connectivity index is 2.36. The second-order valence-corrected chi connectivity index (χ2v) is 3.67. The summed E-state index contributed by atoms with van der Waals surface area (Å²) >= 11 is 0. The molecule has 14 heavy (non-hydrogen) atoms. The Labute approximate surface area is 83.8 Å². The van der Waals surface area contributed by atoms with Crippen molar-refractivity contribution in [2.24, 2.45) is 5.73 Å².